The highest BCUT2D eigenvalue weighted by molar-refractivity contribution is 8.14. The average molecular weight is 249 g/mol. The van der Waals surface area contributed by atoms with Gasteiger partial charge in [0.1, 0.15) is 5.52 Å². The van der Waals surface area contributed by atoms with Crippen molar-refractivity contribution in [1.82, 2.24) is 4.98 Å². The van der Waals surface area contributed by atoms with Crippen LogP contribution in [-0.4, -0.2) is 15.3 Å². The normalized spacial score (nSPS) is 14.8. The molecule has 0 bridgehead atoms. The molecule has 0 aliphatic heterocycles. The van der Waals surface area contributed by atoms with Crippen molar-refractivity contribution in [1.29, 1.82) is 0 Å². The first-order valence-electron chi connectivity index (χ1n) is 5.60. The Labute approximate surface area is 105 Å². The molecule has 90 valence electrons. The maximum Gasteiger partial charge on any atom is 0.199 e. The summed E-state index contributed by atoms with van der Waals surface area (Å²) < 4.78 is 5.70. The Hall–Kier alpha value is -1.29. The summed E-state index contributed by atoms with van der Waals surface area (Å²) >= 11 is 1.33. The monoisotopic (exact) mass is 249 g/mol. The van der Waals surface area contributed by atoms with Gasteiger partial charge in [-0.2, -0.15) is 0 Å². The first kappa shape index (κ1) is 12.2. The van der Waals surface area contributed by atoms with E-state index in [2.05, 4.69) is 4.98 Å². The van der Waals surface area contributed by atoms with Crippen LogP contribution < -0.4 is 0 Å². The molecule has 0 N–H and O–H groups in total. The van der Waals surface area contributed by atoms with Crippen molar-refractivity contribution in [3.8, 4) is 0 Å². The van der Waals surface area contributed by atoms with Crippen molar-refractivity contribution in [3.05, 3.63) is 30.2 Å². The van der Waals surface area contributed by atoms with Gasteiger partial charge in [-0.25, -0.2) is 4.98 Å². The molecule has 0 amide bonds. The maximum absolute atomic E-state index is 11.1. The van der Waals surface area contributed by atoms with E-state index in [0.717, 1.165) is 11.1 Å². The van der Waals surface area contributed by atoms with Gasteiger partial charge in [0.25, 0.3) is 0 Å². The van der Waals surface area contributed by atoms with Crippen LogP contribution in [0.15, 0.2) is 28.7 Å². The number of thioether (sulfide) groups is 1. The SMILES string of the molecule is CC(=O)SC(C)C(C)c1nc2ccccc2o1. The van der Waals surface area contributed by atoms with E-state index in [9.17, 15) is 4.79 Å². The van der Waals surface area contributed by atoms with Gasteiger partial charge < -0.3 is 4.42 Å². The van der Waals surface area contributed by atoms with Crippen LogP contribution in [0.3, 0.4) is 0 Å². The molecule has 2 rings (SSSR count). The lowest BCUT2D eigenvalue weighted by Gasteiger charge is -2.14. The van der Waals surface area contributed by atoms with Gasteiger partial charge >= 0.3 is 0 Å². The van der Waals surface area contributed by atoms with Crippen LogP contribution in [0.5, 0.6) is 0 Å². The number of aromatic nitrogens is 1. The van der Waals surface area contributed by atoms with Gasteiger partial charge in [-0.1, -0.05) is 37.7 Å². The number of rotatable bonds is 3. The Balaban J connectivity index is 2.24. The number of carbonyl (C=O) groups excluding carboxylic acids is 1. The van der Waals surface area contributed by atoms with Gasteiger partial charge in [0.2, 0.25) is 0 Å². The predicted molar refractivity (Wildman–Crippen MR) is 70.2 cm³/mol. The van der Waals surface area contributed by atoms with E-state index >= 15 is 0 Å². The predicted octanol–water partition coefficient (Wildman–Crippen LogP) is 3.60. The molecule has 0 radical (unpaired) electrons. The van der Waals surface area contributed by atoms with Gasteiger partial charge in [-0.3, -0.25) is 4.79 Å². The Morgan fingerprint density at radius 1 is 1.35 bits per heavy atom. The summed E-state index contributed by atoms with van der Waals surface area (Å²) in [6.07, 6.45) is 0. The molecule has 0 spiro atoms. The van der Waals surface area contributed by atoms with E-state index in [1.165, 1.54) is 11.8 Å². The number of hydrogen-bond donors (Lipinski definition) is 0. The lowest BCUT2D eigenvalue weighted by molar-refractivity contribution is -0.109. The summed E-state index contributed by atoms with van der Waals surface area (Å²) in [6, 6.07) is 7.70. The van der Waals surface area contributed by atoms with Crippen molar-refractivity contribution in [2.24, 2.45) is 0 Å². The van der Waals surface area contributed by atoms with Gasteiger partial charge in [-0.05, 0) is 12.1 Å². The lowest BCUT2D eigenvalue weighted by atomic mass is 10.1. The van der Waals surface area contributed by atoms with Crippen LogP contribution in [0, 0.1) is 0 Å². The highest BCUT2D eigenvalue weighted by Crippen LogP contribution is 2.29. The molecule has 0 saturated carbocycles. The van der Waals surface area contributed by atoms with Crippen molar-refractivity contribution >= 4 is 28.0 Å². The Morgan fingerprint density at radius 3 is 2.71 bits per heavy atom. The third-order valence-electron chi connectivity index (χ3n) is 2.76. The molecule has 0 fully saturated rings. The molecule has 2 aromatic rings. The summed E-state index contributed by atoms with van der Waals surface area (Å²) in [5, 5.41) is 0.293. The van der Waals surface area contributed by atoms with E-state index in [4.69, 9.17) is 4.42 Å². The molecule has 1 heterocycles. The molecule has 4 heteroatoms. The van der Waals surface area contributed by atoms with Gasteiger partial charge in [0, 0.05) is 18.1 Å². The first-order valence-corrected chi connectivity index (χ1v) is 6.48. The molecular formula is C13H15NO2S. The quantitative estimate of drug-likeness (QED) is 0.833. The van der Waals surface area contributed by atoms with Crippen LogP contribution >= 0.6 is 11.8 Å². The maximum atomic E-state index is 11.1. The third-order valence-corrected chi connectivity index (χ3v) is 3.87. The fourth-order valence-electron chi connectivity index (χ4n) is 1.65. The van der Waals surface area contributed by atoms with Crippen LogP contribution in [0.1, 0.15) is 32.6 Å². The fourth-order valence-corrected chi connectivity index (χ4v) is 2.49. The molecule has 0 saturated heterocycles. The van der Waals surface area contributed by atoms with Crippen LogP contribution in [0.25, 0.3) is 11.1 Å². The van der Waals surface area contributed by atoms with E-state index in [1.807, 2.05) is 38.1 Å². The number of benzene rings is 1. The van der Waals surface area contributed by atoms with Gasteiger partial charge in [0.15, 0.2) is 16.6 Å². The van der Waals surface area contributed by atoms with Crippen LogP contribution in [0.2, 0.25) is 0 Å². The van der Waals surface area contributed by atoms with E-state index < -0.39 is 0 Å². The molecule has 3 nitrogen and oxygen atoms in total. The number of nitrogens with zero attached hydrogens (tertiary/aromatic N) is 1. The fraction of sp³-hybridized carbons (Fsp3) is 0.385. The van der Waals surface area contributed by atoms with Crippen molar-refractivity contribution < 1.29 is 9.21 Å². The number of fused-ring (bicyclic) bond motifs is 1. The molecule has 1 aromatic heterocycles. The highest BCUT2D eigenvalue weighted by atomic mass is 32.2. The van der Waals surface area contributed by atoms with Crippen molar-refractivity contribution in [2.45, 2.75) is 31.9 Å². The minimum atomic E-state index is 0.122. The summed E-state index contributed by atoms with van der Waals surface area (Å²) in [4.78, 5) is 15.5. The van der Waals surface area contributed by atoms with Crippen molar-refractivity contribution in [3.63, 3.8) is 0 Å². The number of hydrogen-bond acceptors (Lipinski definition) is 4. The zero-order valence-corrected chi connectivity index (χ0v) is 11.0. The Morgan fingerprint density at radius 2 is 2.06 bits per heavy atom. The lowest BCUT2D eigenvalue weighted by Crippen LogP contribution is -2.10. The molecule has 2 atom stereocenters. The highest BCUT2D eigenvalue weighted by Gasteiger charge is 2.21. The largest absolute Gasteiger partial charge is 0.440 e. The number of para-hydroxylation sites is 2. The summed E-state index contributed by atoms with van der Waals surface area (Å²) in [5.74, 6) is 0.823. The number of oxazole rings is 1. The molecule has 0 aliphatic rings. The molecule has 0 aliphatic carbocycles. The smallest absolute Gasteiger partial charge is 0.199 e. The molecular weight excluding hydrogens is 234 g/mol. The standard InChI is InChI=1S/C13H15NO2S/c1-8(9(2)17-10(3)15)13-14-11-6-4-5-7-12(11)16-13/h4-9H,1-3H3. The van der Waals surface area contributed by atoms with Crippen LogP contribution in [0.4, 0.5) is 0 Å². The molecule has 2 unspecified atom stereocenters. The summed E-state index contributed by atoms with van der Waals surface area (Å²) in [6.45, 7) is 5.64. The zero-order valence-electron chi connectivity index (χ0n) is 10.1. The minimum Gasteiger partial charge on any atom is -0.440 e. The van der Waals surface area contributed by atoms with Gasteiger partial charge in [0.05, 0.1) is 0 Å². The number of carbonyl (C=O) groups is 1. The Bertz CT molecular complexity index is 502. The second-order valence-corrected chi connectivity index (χ2v) is 5.68. The van der Waals surface area contributed by atoms with Crippen molar-refractivity contribution in [2.75, 3.05) is 0 Å². The molecule has 17 heavy (non-hydrogen) atoms. The van der Waals surface area contributed by atoms with E-state index in [1.54, 1.807) is 6.92 Å². The Kier molecular flexibility index (Phi) is 3.52. The zero-order chi connectivity index (χ0) is 12.4. The third kappa shape index (κ3) is 2.69. The summed E-state index contributed by atoms with van der Waals surface area (Å²) in [7, 11) is 0. The van der Waals surface area contributed by atoms with Gasteiger partial charge in [-0.15, -0.1) is 0 Å². The second-order valence-electron chi connectivity index (χ2n) is 4.12. The second kappa shape index (κ2) is 4.92. The van der Waals surface area contributed by atoms with Crippen LogP contribution in [-0.2, 0) is 4.79 Å². The average Bonchev–Trinajstić information content (AvgIpc) is 2.70. The molecule has 1 aromatic carbocycles. The summed E-state index contributed by atoms with van der Waals surface area (Å²) in [5.41, 5.74) is 1.67. The van der Waals surface area contributed by atoms with E-state index in [0.29, 0.717) is 5.89 Å². The van der Waals surface area contributed by atoms with E-state index in [-0.39, 0.29) is 16.3 Å². The first-order chi connectivity index (χ1) is 8.08. The topological polar surface area (TPSA) is 43.1 Å². The minimum absolute atomic E-state index is 0.122.